The molecule has 0 aromatic heterocycles. The molecule has 0 saturated carbocycles. The molecule has 0 spiro atoms. The second kappa shape index (κ2) is 8.63. The molecule has 1 heterocycles. The number of hydrogen-bond donors (Lipinski definition) is 0. The van der Waals surface area contributed by atoms with Gasteiger partial charge in [-0.1, -0.05) is 23.7 Å². The van der Waals surface area contributed by atoms with Gasteiger partial charge in [0, 0.05) is 36.9 Å². The topological polar surface area (TPSA) is 60.9 Å². The van der Waals surface area contributed by atoms with E-state index in [1.807, 2.05) is 6.07 Å². The zero-order valence-electron chi connectivity index (χ0n) is 16.9. The molecule has 3 rings (SSSR count). The molecule has 6 nitrogen and oxygen atoms in total. The predicted molar refractivity (Wildman–Crippen MR) is 118 cm³/mol. The Kier molecular flexibility index (Phi) is 6.39. The highest BCUT2D eigenvalue weighted by Crippen LogP contribution is 2.24. The number of nitrogens with zero attached hydrogens (tertiary/aromatic N) is 3. The van der Waals surface area contributed by atoms with Crippen LogP contribution >= 0.6 is 11.6 Å². The van der Waals surface area contributed by atoms with Crippen LogP contribution in [-0.4, -0.2) is 58.2 Å². The maximum absolute atomic E-state index is 12.8. The lowest BCUT2D eigenvalue weighted by Gasteiger charge is -2.37. The summed E-state index contributed by atoms with van der Waals surface area (Å²) < 4.78 is 25.6. The van der Waals surface area contributed by atoms with Gasteiger partial charge in [0.1, 0.15) is 6.54 Å². The van der Waals surface area contributed by atoms with Crippen molar-refractivity contribution >= 4 is 38.9 Å². The van der Waals surface area contributed by atoms with E-state index in [0.717, 1.165) is 23.7 Å². The molecular weight excluding hydrogens is 410 g/mol. The van der Waals surface area contributed by atoms with Crippen LogP contribution in [0.2, 0.25) is 5.02 Å². The van der Waals surface area contributed by atoms with Crippen molar-refractivity contribution in [3.8, 4) is 0 Å². The number of hydrogen-bond acceptors (Lipinski definition) is 4. The van der Waals surface area contributed by atoms with Gasteiger partial charge in [0.25, 0.3) is 0 Å². The van der Waals surface area contributed by atoms with Gasteiger partial charge in [0.2, 0.25) is 15.9 Å². The number of piperazine rings is 1. The van der Waals surface area contributed by atoms with Crippen LogP contribution in [0.4, 0.5) is 11.4 Å². The summed E-state index contributed by atoms with van der Waals surface area (Å²) in [4.78, 5) is 16.8. The Bertz CT molecular complexity index is 985. The molecular formula is C21H26ClN3O3S. The molecule has 0 bridgehead atoms. The smallest absolute Gasteiger partial charge is 0.243 e. The molecule has 1 saturated heterocycles. The first kappa shape index (κ1) is 21.5. The van der Waals surface area contributed by atoms with Crippen LogP contribution in [0, 0.1) is 13.8 Å². The van der Waals surface area contributed by atoms with Crippen LogP contribution in [0.15, 0.2) is 42.5 Å². The largest absolute Gasteiger partial charge is 0.368 e. The van der Waals surface area contributed by atoms with E-state index < -0.39 is 10.0 Å². The van der Waals surface area contributed by atoms with Gasteiger partial charge < -0.3 is 9.80 Å². The summed E-state index contributed by atoms with van der Waals surface area (Å²) in [5.41, 5.74) is 4.11. The van der Waals surface area contributed by atoms with E-state index in [9.17, 15) is 13.2 Å². The van der Waals surface area contributed by atoms with Crippen molar-refractivity contribution < 1.29 is 13.2 Å². The van der Waals surface area contributed by atoms with Crippen LogP contribution < -0.4 is 9.21 Å². The Labute approximate surface area is 177 Å². The number of carbonyl (C=O) groups is 1. The Balaban J connectivity index is 1.68. The highest BCUT2D eigenvalue weighted by atomic mass is 35.5. The summed E-state index contributed by atoms with van der Waals surface area (Å²) in [6.07, 6.45) is 1.10. The van der Waals surface area contributed by atoms with E-state index >= 15 is 0 Å². The number of sulfonamides is 1. The molecule has 2 aromatic rings. The fourth-order valence-electron chi connectivity index (χ4n) is 3.51. The molecule has 8 heteroatoms. The van der Waals surface area contributed by atoms with Gasteiger partial charge in [0.05, 0.1) is 11.9 Å². The van der Waals surface area contributed by atoms with E-state index in [2.05, 4.69) is 30.9 Å². The van der Waals surface area contributed by atoms with Gasteiger partial charge in [-0.05, 0) is 55.3 Å². The third-order valence-electron chi connectivity index (χ3n) is 5.34. The van der Waals surface area contributed by atoms with Gasteiger partial charge in [-0.2, -0.15) is 0 Å². The summed E-state index contributed by atoms with van der Waals surface area (Å²) in [7, 11) is -3.60. The number of rotatable bonds is 5. The fourth-order valence-corrected chi connectivity index (χ4v) is 4.48. The fraction of sp³-hybridized carbons (Fsp3) is 0.381. The van der Waals surface area contributed by atoms with Crippen LogP contribution in [0.1, 0.15) is 11.1 Å². The summed E-state index contributed by atoms with van der Waals surface area (Å²) in [6.45, 7) is 6.54. The molecule has 1 aliphatic heterocycles. The summed E-state index contributed by atoms with van der Waals surface area (Å²) in [5.74, 6) is -0.203. The minimum Gasteiger partial charge on any atom is -0.368 e. The molecule has 1 amide bonds. The van der Waals surface area contributed by atoms with E-state index in [0.29, 0.717) is 23.8 Å². The first-order valence-electron chi connectivity index (χ1n) is 9.49. The normalized spacial score (nSPS) is 14.8. The molecule has 2 aromatic carbocycles. The van der Waals surface area contributed by atoms with Gasteiger partial charge in [-0.15, -0.1) is 0 Å². The summed E-state index contributed by atoms with van der Waals surface area (Å²) >= 11 is 5.90. The van der Waals surface area contributed by atoms with E-state index in [4.69, 9.17) is 11.6 Å². The van der Waals surface area contributed by atoms with Crippen LogP contribution in [0.3, 0.4) is 0 Å². The Morgan fingerprint density at radius 2 is 1.66 bits per heavy atom. The van der Waals surface area contributed by atoms with E-state index in [1.54, 1.807) is 29.2 Å². The second-order valence-electron chi connectivity index (χ2n) is 7.33. The Morgan fingerprint density at radius 1 is 1.03 bits per heavy atom. The maximum atomic E-state index is 12.8. The Morgan fingerprint density at radius 3 is 2.24 bits per heavy atom. The average molecular weight is 436 g/mol. The number of amides is 1. The number of carbonyl (C=O) groups excluding carboxylic acids is 1. The second-order valence-corrected chi connectivity index (χ2v) is 9.68. The molecule has 156 valence electrons. The molecule has 0 N–H and O–H groups in total. The predicted octanol–water partition coefficient (Wildman–Crippen LogP) is 3.07. The van der Waals surface area contributed by atoms with E-state index in [1.165, 1.54) is 16.8 Å². The van der Waals surface area contributed by atoms with Crippen molar-refractivity contribution in [3.05, 3.63) is 58.6 Å². The van der Waals surface area contributed by atoms with Crippen LogP contribution in [0.5, 0.6) is 0 Å². The van der Waals surface area contributed by atoms with Gasteiger partial charge in [-0.3, -0.25) is 9.10 Å². The monoisotopic (exact) mass is 435 g/mol. The summed E-state index contributed by atoms with van der Waals surface area (Å²) in [6, 6.07) is 12.7. The lowest BCUT2D eigenvalue weighted by molar-refractivity contribution is -0.129. The van der Waals surface area contributed by atoms with Crippen molar-refractivity contribution in [2.24, 2.45) is 0 Å². The standard InChI is InChI=1S/C21H26ClN3O3S/c1-16-5-4-6-20(17(16)2)23-11-13-24(14-12-23)21(26)15-25(29(3,27)28)19-9-7-18(22)8-10-19/h4-10H,11-15H2,1-3H3. The number of halogens is 1. The molecule has 1 aliphatic rings. The third-order valence-corrected chi connectivity index (χ3v) is 6.74. The highest BCUT2D eigenvalue weighted by Gasteiger charge is 2.27. The van der Waals surface area contributed by atoms with Gasteiger partial charge >= 0.3 is 0 Å². The molecule has 0 unspecified atom stereocenters. The lowest BCUT2D eigenvalue weighted by Crippen LogP contribution is -2.52. The van der Waals surface area contributed by atoms with Crippen molar-refractivity contribution in [2.45, 2.75) is 13.8 Å². The highest BCUT2D eigenvalue weighted by molar-refractivity contribution is 7.92. The summed E-state index contributed by atoms with van der Waals surface area (Å²) in [5, 5.41) is 0.510. The molecule has 0 radical (unpaired) electrons. The minimum absolute atomic E-state index is 0.203. The van der Waals surface area contributed by atoms with Gasteiger partial charge in [0.15, 0.2) is 0 Å². The lowest BCUT2D eigenvalue weighted by atomic mass is 10.1. The SMILES string of the molecule is Cc1cccc(N2CCN(C(=O)CN(c3ccc(Cl)cc3)S(C)(=O)=O)CC2)c1C. The number of aryl methyl sites for hydroxylation is 1. The van der Waals surface area contributed by atoms with Crippen LogP contribution in [0.25, 0.3) is 0 Å². The average Bonchev–Trinajstić information content (AvgIpc) is 2.68. The maximum Gasteiger partial charge on any atom is 0.243 e. The van der Waals surface area contributed by atoms with Crippen molar-refractivity contribution in [1.82, 2.24) is 4.90 Å². The van der Waals surface area contributed by atoms with Crippen molar-refractivity contribution in [3.63, 3.8) is 0 Å². The van der Waals surface area contributed by atoms with Crippen molar-refractivity contribution in [2.75, 3.05) is 48.2 Å². The zero-order valence-corrected chi connectivity index (χ0v) is 18.5. The molecule has 0 aliphatic carbocycles. The van der Waals surface area contributed by atoms with Gasteiger partial charge in [-0.25, -0.2) is 8.42 Å². The number of benzene rings is 2. The minimum atomic E-state index is -3.60. The first-order chi connectivity index (χ1) is 13.7. The van der Waals surface area contributed by atoms with Crippen LogP contribution in [-0.2, 0) is 14.8 Å². The number of anilines is 2. The Hall–Kier alpha value is -2.25. The zero-order chi connectivity index (χ0) is 21.2. The third kappa shape index (κ3) is 5.03. The van der Waals surface area contributed by atoms with Crippen molar-refractivity contribution in [1.29, 1.82) is 0 Å². The molecule has 29 heavy (non-hydrogen) atoms. The molecule has 0 atom stereocenters. The molecule has 1 fully saturated rings. The first-order valence-corrected chi connectivity index (χ1v) is 11.7. The quantitative estimate of drug-likeness (QED) is 0.724. The van der Waals surface area contributed by atoms with E-state index in [-0.39, 0.29) is 12.5 Å².